The third kappa shape index (κ3) is 6.24. The molecule has 0 aliphatic carbocycles. The first kappa shape index (κ1) is 30.6. The Balaban J connectivity index is 1.44. The van der Waals surface area contributed by atoms with Gasteiger partial charge in [0.1, 0.15) is 0 Å². The number of aromatic nitrogens is 2. The number of benzene rings is 2. The monoisotopic (exact) mass is 591 g/mol. The third-order valence-electron chi connectivity index (χ3n) is 9.35. The summed E-state index contributed by atoms with van der Waals surface area (Å²) in [6.07, 6.45) is 2.46. The molecule has 228 valence electrons. The van der Waals surface area contributed by atoms with E-state index < -0.39 is 8.32 Å². The fourth-order valence-electron chi connectivity index (χ4n) is 5.95. The van der Waals surface area contributed by atoms with Crippen LogP contribution in [-0.2, 0) is 16.2 Å². The Morgan fingerprint density at radius 2 is 1.81 bits per heavy atom. The smallest absolute Gasteiger partial charge is 0.262 e. The number of hydrogen-bond acceptors (Lipinski definition) is 7. The Kier molecular flexibility index (Phi) is 8.74. The van der Waals surface area contributed by atoms with E-state index in [1.54, 1.807) is 4.57 Å². The van der Waals surface area contributed by atoms with Crippen molar-refractivity contribution in [2.45, 2.75) is 77.7 Å². The molecule has 2 aliphatic heterocycles. The van der Waals surface area contributed by atoms with Crippen molar-refractivity contribution >= 4 is 36.5 Å². The number of aryl methyl sites for hydroxylation is 1. The highest BCUT2D eigenvalue weighted by Crippen LogP contribution is 2.39. The van der Waals surface area contributed by atoms with Gasteiger partial charge in [0.2, 0.25) is 5.95 Å². The van der Waals surface area contributed by atoms with Gasteiger partial charge in [-0.25, -0.2) is 4.98 Å². The molecule has 0 saturated carbocycles. The van der Waals surface area contributed by atoms with Crippen LogP contribution in [0.5, 0.6) is 0 Å². The van der Waals surface area contributed by atoms with Gasteiger partial charge in [-0.15, -0.1) is 0 Å². The highest BCUT2D eigenvalue weighted by Gasteiger charge is 2.40. The van der Waals surface area contributed by atoms with Gasteiger partial charge in [0, 0.05) is 38.8 Å². The molecule has 0 amide bonds. The Labute approximate surface area is 252 Å². The van der Waals surface area contributed by atoms with Crippen molar-refractivity contribution in [2.24, 2.45) is 7.05 Å². The molecular formula is C33H49N5O3Si. The summed E-state index contributed by atoms with van der Waals surface area (Å²) in [5, 5.41) is 4.66. The predicted molar refractivity (Wildman–Crippen MR) is 177 cm³/mol. The Morgan fingerprint density at radius 1 is 1.10 bits per heavy atom. The van der Waals surface area contributed by atoms with Crippen LogP contribution in [0.4, 0.5) is 17.3 Å². The molecule has 1 N–H and O–H groups in total. The van der Waals surface area contributed by atoms with Gasteiger partial charge in [0.15, 0.2) is 8.32 Å². The van der Waals surface area contributed by atoms with Crippen LogP contribution in [0.2, 0.25) is 18.1 Å². The van der Waals surface area contributed by atoms with E-state index >= 15 is 0 Å². The van der Waals surface area contributed by atoms with Gasteiger partial charge in [-0.05, 0) is 68.6 Å². The zero-order valence-electron chi connectivity index (χ0n) is 26.8. The molecular weight excluding hydrogens is 542 g/mol. The van der Waals surface area contributed by atoms with Gasteiger partial charge in [0.05, 0.1) is 47.6 Å². The first-order valence-corrected chi connectivity index (χ1v) is 18.4. The van der Waals surface area contributed by atoms with Crippen molar-refractivity contribution in [2.75, 3.05) is 54.5 Å². The van der Waals surface area contributed by atoms with Crippen LogP contribution in [0.3, 0.4) is 0 Å². The average Bonchev–Trinajstić information content (AvgIpc) is 2.95. The second-order valence-corrected chi connectivity index (χ2v) is 18.4. The summed E-state index contributed by atoms with van der Waals surface area (Å²) in [6.45, 7) is 20.5. The van der Waals surface area contributed by atoms with Crippen molar-refractivity contribution in [1.82, 2.24) is 9.55 Å². The van der Waals surface area contributed by atoms with Gasteiger partial charge >= 0.3 is 0 Å². The number of fused-ring (bicyclic) bond motifs is 1. The highest BCUT2D eigenvalue weighted by molar-refractivity contribution is 6.74. The van der Waals surface area contributed by atoms with Crippen LogP contribution in [0.25, 0.3) is 10.9 Å². The maximum Gasteiger partial charge on any atom is 0.262 e. The van der Waals surface area contributed by atoms with Crippen molar-refractivity contribution in [3.05, 3.63) is 57.9 Å². The van der Waals surface area contributed by atoms with Crippen LogP contribution < -0.4 is 20.7 Å². The van der Waals surface area contributed by atoms with E-state index in [1.807, 2.05) is 13.1 Å². The summed E-state index contributed by atoms with van der Waals surface area (Å²) in [7, 11) is -0.0317. The Hall–Kier alpha value is -2.88. The number of hydrogen-bond donors (Lipinski definition) is 1. The topological polar surface area (TPSA) is 71.9 Å². The number of morpholine rings is 1. The number of piperidine rings is 1. The number of nitrogens with one attached hydrogen (secondary N) is 1. The molecule has 2 aliphatic rings. The largest absolute Gasteiger partial charge is 0.412 e. The van der Waals surface area contributed by atoms with Gasteiger partial charge in [-0.1, -0.05) is 39.0 Å². The molecule has 3 heterocycles. The van der Waals surface area contributed by atoms with E-state index in [2.05, 4.69) is 93.2 Å². The van der Waals surface area contributed by atoms with Crippen molar-refractivity contribution in [3.63, 3.8) is 0 Å². The van der Waals surface area contributed by atoms with Crippen LogP contribution in [0.1, 0.15) is 57.7 Å². The van der Waals surface area contributed by atoms with Crippen LogP contribution in [0.15, 0.2) is 41.2 Å². The summed E-state index contributed by atoms with van der Waals surface area (Å²) in [4.78, 5) is 23.3. The lowest BCUT2D eigenvalue weighted by Crippen LogP contribution is -2.49. The summed E-state index contributed by atoms with van der Waals surface area (Å²) < 4.78 is 14.1. The van der Waals surface area contributed by atoms with E-state index in [9.17, 15) is 4.79 Å². The molecule has 1 aromatic heterocycles. The van der Waals surface area contributed by atoms with E-state index in [-0.39, 0.29) is 22.7 Å². The zero-order valence-corrected chi connectivity index (χ0v) is 27.8. The second-order valence-electron chi connectivity index (χ2n) is 13.6. The van der Waals surface area contributed by atoms with Gasteiger partial charge in [0.25, 0.3) is 5.56 Å². The first-order chi connectivity index (χ1) is 19.9. The fraction of sp³-hybridized carbons (Fsp3) is 0.576. The van der Waals surface area contributed by atoms with E-state index in [4.69, 9.17) is 14.1 Å². The minimum Gasteiger partial charge on any atom is -0.412 e. The molecule has 2 aromatic carbocycles. The zero-order chi connectivity index (χ0) is 30.2. The molecule has 2 fully saturated rings. The quantitative estimate of drug-likeness (QED) is 0.326. The van der Waals surface area contributed by atoms with Crippen molar-refractivity contribution in [1.29, 1.82) is 0 Å². The average molecular weight is 592 g/mol. The van der Waals surface area contributed by atoms with Crippen LogP contribution in [-0.4, -0.2) is 63.4 Å². The lowest BCUT2D eigenvalue weighted by Gasteiger charge is -2.43. The summed E-state index contributed by atoms with van der Waals surface area (Å²) in [5.41, 5.74) is 5.13. The third-order valence-corrected chi connectivity index (χ3v) is 13.9. The predicted octanol–water partition coefficient (Wildman–Crippen LogP) is 6.24. The molecule has 9 heteroatoms. The molecule has 42 heavy (non-hydrogen) atoms. The number of nitrogens with zero attached hydrogens (tertiary/aromatic N) is 4. The number of anilines is 3. The molecule has 2 atom stereocenters. The minimum atomic E-state index is -1.85. The standard InChI is InChI=1S/C33H49N5O3Si/c1-23-20-26(30-27(21-23)31(39)36(6)32(35-30)37-16-18-40-19-17-37)24(2)34-28-13-9-10-14-29(28)38-15-11-12-25(22-38)41-42(7,8)33(3,4)5/h9-10,13-14,20-21,24-25,34H,11-12,15-19,22H2,1-8H3/t24-,25-/m1/s1. The fourth-order valence-corrected chi connectivity index (χ4v) is 7.33. The van der Waals surface area contributed by atoms with Gasteiger partial charge < -0.3 is 24.3 Å². The lowest BCUT2D eigenvalue weighted by molar-refractivity contribution is 0.121. The molecule has 5 rings (SSSR count). The number of rotatable bonds is 7. The molecule has 0 spiro atoms. The Morgan fingerprint density at radius 3 is 2.52 bits per heavy atom. The molecule has 3 aromatic rings. The molecule has 0 unspecified atom stereocenters. The Bertz CT molecular complexity index is 1480. The molecule has 0 bridgehead atoms. The van der Waals surface area contributed by atoms with Crippen LogP contribution >= 0.6 is 0 Å². The van der Waals surface area contributed by atoms with E-state index in [0.29, 0.717) is 24.5 Å². The van der Waals surface area contributed by atoms with Crippen molar-refractivity contribution in [3.8, 4) is 0 Å². The van der Waals surface area contributed by atoms with Gasteiger partial charge in [-0.2, -0.15) is 0 Å². The maximum atomic E-state index is 13.6. The van der Waals surface area contributed by atoms with E-state index in [0.717, 1.165) is 61.4 Å². The SMILES string of the molecule is Cc1cc([C@@H](C)Nc2ccccc2N2CCC[C@@H](O[Si](C)(C)C(C)(C)C)C2)c2nc(N3CCOCC3)n(C)c(=O)c2c1. The second kappa shape index (κ2) is 12.0. The van der Waals surface area contributed by atoms with E-state index in [1.165, 1.54) is 5.69 Å². The summed E-state index contributed by atoms with van der Waals surface area (Å²) in [5.74, 6) is 0.703. The molecule has 8 nitrogen and oxygen atoms in total. The first-order valence-electron chi connectivity index (χ1n) is 15.5. The highest BCUT2D eigenvalue weighted by atomic mass is 28.4. The number of ether oxygens (including phenoxy) is 1. The molecule has 2 saturated heterocycles. The van der Waals surface area contributed by atoms with Crippen molar-refractivity contribution < 1.29 is 9.16 Å². The maximum absolute atomic E-state index is 13.6. The number of para-hydroxylation sites is 2. The lowest BCUT2D eigenvalue weighted by atomic mass is 10.0. The summed E-state index contributed by atoms with van der Waals surface area (Å²) >= 11 is 0. The summed E-state index contributed by atoms with van der Waals surface area (Å²) in [6, 6.07) is 12.7. The minimum absolute atomic E-state index is 0.0138. The molecule has 0 radical (unpaired) electrons. The van der Waals surface area contributed by atoms with Crippen LogP contribution in [0, 0.1) is 6.92 Å². The normalized spacial score (nSPS) is 19.3. The van der Waals surface area contributed by atoms with Gasteiger partial charge in [-0.3, -0.25) is 9.36 Å².